The summed E-state index contributed by atoms with van der Waals surface area (Å²) in [4.78, 5) is 12.0. The molecule has 17 unspecified atom stereocenters. The van der Waals surface area contributed by atoms with Gasteiger partial charge in [0.05, 0.1) is 38.6 Å². The van der Waals surface area contributed by atoms with Crippen molar-refractivity contribution in [1.29, 1.82) is 0 Å². The molecule has 3 heterocycles. The normalized spacial score (nSPS) is 31.7. The monoisotopic (exact) mass is 1060 g/mol. The van der Waals surface area contributed by atoms with Crippen LogP contribution in [0.2, 0.25) is 0 Å². The molecule has 3 fully saturated rings. The minimum atomic E-state index is -1.98. The average molecular weight is 1060 g/mol. The quantitative estimate of drug-likeness (QED) is 0.0307. The largest absolute Gasteiger partial charge is 0.394 e. The molecular weight excluding hydrogens is 963 g/mol. The van der Waals surface area contributed by atoms with Crippen LogP contribution in [-0.2, 0) is 33.2 Å². The number of ether oxygens (including phenoxy) is 6. The first kappa shape index (κ1) is 66.3. The topological polar surface area (TPSA) is 307 Å². The van der Waals surface area contributed by atoms with Crippen LogP contribution in [0.4, 0.5) is 0 Å². The molecule has 0 aromatic heterocycles. The minimum Gasteiger partial charge on any atom is -0.394 e. The Balaban J connectivity index is 1.28. The van der Waals surface area contributed by atoms with E-state index in [4.69, 9.17) is 28.4 Å². The van der Waals surface area contributed by atoms with Crippen molar-refractivity contribution in [3.63, 3.8) is 0 Å². The molecule has 17 atom stereocenters. The second-order valence-electron chi connectivity index (χ2n) is 20.5. The van der Waals surface area contributed by atoms with E-state index in [0.717, 1.165) is 25.7 Å². The summed E-state index contributed by atoms with van der Waals surface area (Å²) >= 11 is 0. The van der Waals surface area contributed by atoms with Crippen molar-refractivity contribution in [3.05, 3.63) is 36.5 Å². The molecule has 3 saturated heterocycles. The van der Waals surface area contributed by atoms with Crippen LogP contribution in [0.5, 0.6) is 0 Å². The first-order chi connectivity index (χ1) is 35.8. The third kappa shape index (κ3) is 24.4. The molecule has 0 radical (unpaired) electrons. The van der Waals surface area contributed by atoms with Crippen LogP contribution in [-0.4, -0.2) is 193 Å². The molecule has 0 spiro atoms. The second kappa shape index (κ2) is 39.4. The number of allylic oxidation sites excluding steroid dienone is 5. The Hall–Kier alpha value is -1.99. The number of hydrogen-bond acceptors (Lipinski definition) is 18. The molecular formula is C55H99NO18. The summed E-state index contributed by atoms with van der Waals surface area (Å²) in [5, 5.41) is 118. The second-order valence-corrected chi connectivity index (χ2v) is 20.5. The number of aliphatic hydroxyl groups is 11. The lowest BCUT2D eigenvalue weighted by Crippen LogP contribution is -2.66. The molecule has 0 aliphatic carbocycles. The third-order valence-electron chi connectivity index (χ3n) is 14.2. The van der Waals surface area contributed by atoms with Crippen molar-refractivity contribution in [1.82, 2.24) is 5.32 Å². The van der Waals surface area contributed by atoms with Crippen molar-refractivity contribution < 1.29 is 89.4 Å². The summed E-state index contributed by atoms with van der Waals surface area (Å²) in [7, 11) is 0. The number of hydrogen-bond donors (Lipinski definition) is 12. The molecule has 19 heteroatoms. The maximum Gasteiger partial charge on any atom is 0.217 e. The molecule has 0 aromatic rings. The van der Waals surface area contributed by atoms with Gasteiger partial charge in [0.15, 0.2) is 18.9 Å². The van der Waals surface area contributed by atoms with Crippen LogP contribution in [0.1, 0.15) is 174 Å². The summed E-state index contributed by atoms with van der Waals surface area (Å²) < 4.78 is 33.6. The zero-order valence-electron chi connectivity index (χ0n) is 44.6. The average Bonchev–Trinajstić information content (AvgIpc) is 3.39. The highest BCUT2D eigenvalue weighted by Crippen LogP contribution is 2.33. The molecule has 3 aliphatic rings. The fourth-order valence-corrected chi connectivity index (χ4v) is 9.61. The van der Waals surface area contributed by atoms with Crippen LogP contribution >= 0.6 is 0 Å². The lowest BCUT2D eigenvalue weighted by molar-refractivity contribution is -0.379. The van der Waals surface area contributed by atoms with E-state index in [1.165, 1.54) is 141 Å². The van der Waals surface area contributed by atoms with Crippen LogP contribution < -0.4 is 5.32 Å². The maximum atomic E-state index is 12.0. The Morgan fingerprint density at radius 1 is 0.473 bits per heavy atom. The van der Waals surface area contributed by atoms with Gasteiger partial charge >= 0.3 is 0 Å². The first-order valence-corrected chi connectivity index (χ1v) is 28.2. The van der Waals surface area contributed by atoms with E-state index >= 15 is 0 Å². The van der Waals surface area contributed by atoms with Crippen LogP contribution in [0.25, 0.3) is 0 Å². The summed E-state index contributed by atoms with van der Waals surface area (Å²) in [6.07, 6.45) is 17.4. The Bertz CT molecular complexity index is 1500. The fraction of sp³-hybridized carbons (Fsp3) is 0.873. The van der Waals surface area contributed by atoms with Gasteiger partial charge in [-0.1, -0.05) is 165 Å². The summed E-state index contributed by atoms with van der Waals surface area (Å²) in [6.45, 7) is 0.717. The summed E-state index contributed by atoms with van der Waals surface area (Å²) in [5.41, 5.74) is 0. The van der Waals surface area contributed by atoms with Crippen molar-refractivity contribution in [2.75, 3.05) is 26.4 Å². The highest BCUT2D eigenvalue weighted by Gasteiger charge is 2.53. The third-order valence-corrected chi connectivity index (χ3v) is 14.2. The van der Waals surface area contributed by atoms with E-state index in [-0.39, 0.29) is 6.61 Å². The molecule has 3 rings (SSSR count). The molecule has 0 aromatic carbocycles. The van der Waals surface area contributed by atoms with E-state index in [2.05, 4.69) is 36.5 Å². The SMILES string of the molecule is CCCCCCCCCCCCCCCCCCCCCC/C=C/CC/C=C/CC/C=C/C(O)C(COC1OC(CO)C(OC2OC(CO)C(OC3OC(CO)C(O)C(O)C3O)C(O)C2O)C(O)C1O)NC(C)=O. The van der Waals surface area contributed by atoms with Crippen LogP contribution in [0.3, 0.4) is 0 Å². The lowest BCUT2D eigenvalue weighted by atomic mass is 9.96. The van der Waals surface area contributed by atoms with Gasteiger partial charge in [-0.15, -0.1) is 0 Å². The van der Waals surface area contributed by atoms with Crippen molar-refractivity contribution in [2.45, 2.75) is 279 Å². The van der Waals surface area contributed by atoms with Gasteiger partial charge in [-0.05, 0) is 38.5 Å². The number of rotatable bonds is 40. The number of nitrogens with one attached hydrogen (secondary N) is 1. The smallest absolute Gasteiger partial charge is 0.217 e. The zero-order valence-corrected chi connectivity index (χ0v) is 44.6. The zero-order chi connectivity index (χ0) is 54.1. The Morgan fingerprint density at radius 3 is 1.27 bits per heavy atom. The number of amides is 1. The van der Waals surface area contributed by atoms with E-state index in [1.54, 1.807) is 6.08 Å². The van der Waals surface area contributed by atoms with Gasteiger partial charge in [-0.25, -0.2) is 0 Å². The van der Waals surface area contributed by atoms with Gasteiger partial charge in [-0.3, -0.25) is 4.79 Å². The molecule has 432 valence electrons. The molecule has 0 saturated carbocycles. The molecule has 1 amide bonds. The summed E-state index contributed by atoms with van der Waals surface area (Å²) in [5.74, 6) is -0.467. The first-order valence-electron chi connectivity index (χ1n) is 28.2. The van der Waals surface area contributed by atoms with E-state index < -0.39 is 130 Å². The van der Waals surface area contributed by atoms with Crippen LogP contribution in [0.15, 0.2) is 36.5 Å². The van der Waals surface area contributed by atoms with Gasteiger partial charge < -0.3 is 89.9 Å². The van der Waals surface area contributed by atoms with Gasteiger partial charge in [0.25, 0.3) is 0 Å². The number of unbranched alkanes of at least 4 members (excludes halogenated alkanes) is 22. The number of carbonyl (C=O) groups is 1. The predicted octanol–water partition coefficient (Wildman–Crippen LogP) is 3.76. The van der Waals surface area contributed by atoms with Crippen molar-refractivity contribution in [3.8, 4) is 0 Å². The lowest BCUT2D eigenvalue weighted by Gasteiger charge is -2.48. The van der Waals surface area contributed by atoms with E-state index in [1.807, 2.05) is 0 Å². The van der Waals surface area contributed by atoms with Gasteiger partial charge in [0.2, 0.25) is 5.91 Å². The molecule has 0 bridgehead atoms. The molecule has 12 N–H and O–H groups in total. The number of carbonyl (C=O) groups excluding carboxylic acids is 1. The standard InChI is InChI=1S/C55H99NO18/c1-3-4-5-6-7-8-9-10-11-12-13-14-15-16-17-18-19-20-21-22-23-24-25-26-27-28-29-30-31-32-33-40(61)39(56-38(2)60)37-69-53-49(67)46(64)51(42(35-58)71-53)74-55-50(68)47(65)52(43(36-59)72-55)73-54-48(66)45(63)44(62)41(34-57)70-54/h24-25,28-29,32-33,39-55,57-59,61-68H,3-23,26-27,30-31,34-37H2,1-2H3,(H,56,60)/b25-24+,29-28+,33-32+. The minimum absolute atomic E-state index is 0.388. The number of aliphatic hydroxyl groups excluding tert-OH is 11. The molecule has 74 heavy (non-hydrogen) atoms. The highest BCUT2D eigenvalue weighted by molar-refractivity contribution is 5.73. The molecule has 3 aliphatic heterocycles. The van der Waals surface area contributed by atoms with E-state index in [0.29, 0.717) is 6.42 Å². The Labute approximate surface area is 440 Å². The molecule has 19 nitrogen and oxygen atoms in total. The fourth-order valence-electron chi connectivity index (χ4n) is 9.61. The van der Waals surface area contributed by atoms with Gasteiger partial charge in [-0.2, -0.15) is 0 Å². The van der Waals surface area contributed by atoms with Gasteiger partial charge in [0.1, 0.15) is 73.2 Å². The van der Waals surface area contributed by atoms with Gasteiger partial charge in [0, 0.05) is 6.92 Å². The van der Waals surface area contributed by atoms with Crippen LogP contribution in [0, 0.1) is 0 Å². The van der Waals surface area contributed by atoms with Crippen molar-refractivity contribution in [2.24, 2.45) is 0 Å². The summed E-state index contributed by atoms with van der Waals surface area (Å²) in [6, 6.07) is -0.995. The van der Waals surface area contributed by atoms with E-state index in [9.17, 15) is 61.0 Å². The maximum absolute atomic E-state index is 12.0. The predicted molar refractivity (Wildman–Crippen MR) is 277 cm³/mol. The Kier molecular flexibility index (Phi) is 35.3. The Morgan fingerprint density at radius 2 is 0.838 bits per heavy atom. The highest BCUT2D eigenvalue weighted by atomic mass is 16.8. The van der Waals surface area contributed by atoms with Crippen molar-refractivity contribution >= 4 is 5.91 Å².